The lowest BCUT2D eigenvalue weighted by atomic mass is 10.2. The number of ether oxygens (including phenoxy) is 1. The normalized spacial score (nSPS) is 20.1. The van der Waals surface area contributed by atoms with Crippen LogP contribution in [-0.2, 0) is 4.74 Å². The van der Waals surface area contributed by atoms with Crippen molar-refractivity contribution < 1.29 is 9.53 Å². The Morgan fingerprint density at radius 1 is 1.44 bits per heavy atom. The van der Waals surface area contributed by atoms with Gasteiger partial charge in [-0.15, -0.1) is 0 Å². The molecular formula is C11H9ClN2O2. The number of carbonyl (C=O) groups is 1. The molecule has 82 valence electrons. The Morgan fingerprint density at radius 3 is 2.69 bits per heavy atom. The van der Waals surface area contributed by atoms with E-state index in [1.165, 1.54) is 4.90 Å². The minimum absolute atomic E-state index is 0.485. The van der Waals surface area contributed by atoms with Crippen LogP contribution in [0.3, 0.4) is 0 Å². The van der Waals surface area contributed by atoms with Crippen LogP contribution in [0.1, 0.15) is 6.42 Å². The highest BCUT2D eigenvalue weighted by Gasteiger charge is 2.27. The summed E-state index contributed by atoms with van der Waals surface area (Å²) in [4.78, 5) is 13.1. The van der Waals surface area contributed by atoms with Crippen molar-refractivity contribution in [2.24, 2.45) is 0 Å². The van der Waals surface area contributed by atoms with Crippen LogP contribution in [0.15, 0.2) is 24.3 Å². The van der Waals surface area contributed by atoms with Crippen LogP contribution in [0.4, 0.5) is 10.5 Å². The Balaban J connectivity index is 2.15. The second-order valence-corrected chi connectivity index (χ2v) is 3.85. The molecule has 1 aliphatic heterocycles. The molecule has 0 radical (unpaired) electrons. The highest BCUT2D eigenvalue weighted by Crippen LogP contribution is 2.22. The first-order chi connectivity index (χ1) is 7.70. The van der Waals surface area contributed by atoms with Gasteiger partial charge in [0.05, 0.1) is 0 Å². The first-order valence-electron chi connectivity index (χ1n) is 4.84. The third kappa shape index (κ3) is 2.10. The van der Waals surface area contributed by atoms with Crippen LogP contribution in [0.5, 0.6) is 0 Å². The predicted molar refractivity (Wildman–Crippen MR) is 59.3 cm³/mol. The number of amides is 1. The smallest absolute Gasteiger partial charge is 0.415 e. The summed E-state index contributed by atoms with van der Waals surface area (Å²) >= 11 is 5.75. The molecule has 1 amide bonds. The van der Waals surface area contributed by atoms with E-state index in [1.807, 2.05) is 6.07 Å². The molecule has 4 nitrogen and oxygen atoms in total. The predicted octanol–water partition coefficient (Wildman–Crippen LogP) is 2.58. The molecule has 5 heteroatoms. The second-order valence-electron chi connectivity index (χ2n) is 3.42. The number of benzene rings is 1. The lowest BCUT2D eigenvalue weighted by molar-refractivity contribution is 0.111. The van der Waals surface area contributed by atoms with E-state index in [4.69, 9.17) is 21.6 Å². The summed E-state index contributed by atoms with van der Waals surface area (Å²) in [5.74, 6) is 0. The van der Waals surface area contributed by atoms with Crippen LogP contribution in [0.2, 0.25) is 5.02 Å². The fraction of sp³-hybridized carbons (Fsp3) is 0.273. The Morgan fingerprint density at radius 2 is 2.12 bits per heavy atom. The van der Waals surface area contributed by atoms with Gasteiger partial charge in [-0.2, -0.15) is 5.26 Å². The molecule has 1 heterocycles. The molecule has 0 aromatic heterocycles. The zero-order valence-electron chi connectivity index (χ0n) is 8.39. The van der Waals surface area contributed by atoms with Crippen molar-refractivity contribution in [1.29, 1.82) is 5.26 Å². The summed E-state index contributed by atoms with van der Waals surface area (Å²) in [5.41, 5.74) is 0.728. The second kappa shape index (κ2) is 4.42. The fourth-order valence-corrected chi connectivity index (χ4v) is 1.65. The molecule has 16 heavy (non-hydrogen) atoms. The minimum Gasteiger partial charge on any atom is -0.430 e. The van der Waals surface area contributed by atoms with E-state index in [0.717, 1.165) is 5.69 Å². The number of rotatable bonds is 1. The molecule has 2 rings (SSSR count). The molecule has 1 unspecified atom stereocenters. The first-order valence-corrected chi connectivity index (χ1v) is 5.22. The molecule has 1 atom stereocenters. The molecule has 1 aromatic carbocycles. The molecule has 1 saturated heterocycles. The van der Waals surface area contributed by atoms with Gasteiger partial charge in [-0.1, -0.05) is 11.6 Å². The van der Waals surface area contributed by atoms with E-state index in [1.54, 1.807) is 24.3 Å². The maximum absolute atomic E-state index is 11.6. The molecule has 1 aliphatic rings. The molecule has 0 saturated carbocycles. The maximum atomic E-state index is 11.6. The summed E-state index contributed by atoms with van der Waals surface area (Å²) in [5, 5.41) is 9.25. The number of halogens is 1. The van der Waals surface area contributed by atoms with Gasteiger partial charge in [0.15, 0.2) is 6.10 Å². The van der Waals surface area contributed by atoms with E-state index >= 15 is 0 Å². The number of anilines is 1. The van der Waals surface area contributed by atoms with Crippen molar-refractivity contribution in [1.82, 2.24) is 0 Å². The van der Waals surface area contributed by atoms with Gasteiger partial charge >= 0.3 is 6.09 Å². The molecule has 0 spiro atoms. The third-order valence-electron chi connectivity index (χ3n) is 2.36. The van der Waals surface area contributed by atoms with Crippen LogP contribution in [0, 0.1) is 11.3 Å². The molecule has 0 N–H and O–H groups in total. The Labute approximate surface area is 98.0 Å². The highest BCUT2D eigenvalue weighted by atomic mass is 35.5. The van der Waals surface area contributed by atoms with E-state index in [2.05, 4.69) is 0 Å². The maximum Gasteiger partial charge on any atom is 0.415 e. The average Bonchev–Trinajstić information content (AvgIpc) is 2.30. The van der Waals surface area contributed by atoms with Crippen LogP contribution in [0.25, 0.3) is 0 Å². The van der Waals surface area contributed by atoms with E-state index < -0.39 is 12.2 Å². The largest absolute Gasteiger partial charge is 0.430 e. The highest BCUT2D eigenvalue weighted by molar-refractivity contribution is 6.30. The molecule has 0 aliphatic carbocycles. The first kappa shape index (κ1) is 10.8. The molecule has 1 aromatic rings. The number of nitriles is 1. The van der Waals surface area contributed by atoms with Gasteiger partial charge in [0.1, 0.15) is 6.07 Å². The monoisotopic (exact) mass is 236 g/mol. The Bertz CT molecular complexity index is 438. The van der Waals surface area contributed by atoms with Crippen molar-refractivity contribution in [3.63, 3.8) is 0 Å². The average molecular weight is 237 g/mol. The Hall–Kier alpha value is -1.73. The number of nitrogens with zero attached hydrogens (tertiary/aromatic N) is 2. The van der Waals surface area contributed by atoms with Crippen LogP contribution < -0.4 is 4.90 Å². The van der Waals surface area contributed by atoms with Crippen molar-refractivity contribution in [3.05, 3.63) is 29.3 Å². The van der Waals surface area contributed by atoms with E-state index in [-0.39, 0.29) is 0 Å². The van der Waals surface area contributed by atoms with Gasteiger partial charge in [-0.3, -0.25) is 4.90 Å². The summed E-state index contributed by atoms with van der Waals surface area (Å²) in [6, 6.07) is 8.84. The van der Waals surface area contributed by atoms with Crippen molar-refractivity contribution in [2.75, 3.05) is 11.4 Å². The molecule has 0 bridgehead atoms. The summed E-state index contributed by atoms with van der Waals surface area (Å²) in [6.07, 6.45) is -0.596. The van der Waals surface area contributed by atoms with Crippen molar-refractivity contribution >= 4 is 23.4 Å². The van der Waals surface area contributed by atoms with Gasteiger partial charge in [-0.05, 0) is 24.3 Å². The lowest BCUT2D eigenvalue weighted by Gasteiger charge is -2.28. The van der Waals surface area contributed by atoms with E-state index in [9.17, 15) is 4.79 Å². The minimum atomic E-state index is -0.629. The van der Waals surface area contributed by atoms with E-state index in [0.29, 0.717) is 18.0 Å². The quantitative estimate of drug-likeness (QED) is 0.753. The summed E-state index contributed by atoms with van der Waals surface area (Å²) < 4.78 is 4.93. The summed E-state index contributed by atoms with van der Waals surface area (Å²) in [7, 11) is 0. The summed E-state index contributed by atoms with van der Waals surface area (Å²) in [6.45, 7) is 0.485. The number of cyclic esters (lactones) is 1. The SMILES string of the molecule is N#CC1CCN(c2ccc(Cl)cc2)C(=O)O1. The van der Waals surface area contributed by atoms with Gasteiger partial charge in [0, 0.05) is 23.7 Å². The van der Waals surface area contributed by atoms with Crippen LogP contribution in [-0.4, -0.2) is 18.7 Å². The van der Waals surface area contributed by atoms with Gasteiger partial charge in [-0.25, -0.2) is 4.79 Å². The number of carbonyl (C=O) groups excluding carboxylic acids is 1. The van der Waals surface area contributed by atoms with Gasteiger partial charge in [0.25, 0.3) is 0 Å². The zero-order valence-corrected chi connectivity index (χ0v) is 9.15. The van der Waals surface area contributed by atoms with Gasteiger partial charge < -0.3 is 4.74 Å². The fourth-order valence-electron chi connectivity index (χ4n) is 1.53. The van der Waals surface area contributed by atoms with Crippen molar-refractivity contribution in [2.45, 2.75) is 12.5 Å². The standard InChI is InChI=1S/C11H9ClN2O2/c12-8-1-3-9(4-2-8)14-6-5-10(7-13)16-11(14)15/h1-4,10H,5-6H2. The van der Waals surface area contributed by atoms with Gasteiger partial charge in [0.2, 0.25) is 0 Å². The number of hydrogen-bond acceptors (Lipinski definition) is 3. The lowest BCUT2D eigenvalue weighted by Crippen LogP contribution is -2.41. The van der Waals surface area contributed by atoms with Crippen molar-refractivity contribution in [3.8, 4) is 6.07 Å². The third-order valence-corrected chi connectivity index (χ3v) is 2.61. The zero-order chi connectivity index (χ0) is 11.5. The number of hydrogen-bond donors (Lipinski definition) is 0. The molecular weight excluding hydrogens is 228 g/mol. The van der Waals surface area contributed by atoms with Crippen LogP contribution >= 0.6 is 11.6 Å². The molecule has 1 fully saturated rings. The Kier molecular flexibility index (Phi) is 2.97. The topological polar surface area (TPSA) is 53.3 Å².